The van der Waals surface area contributed by atoms with Crippen molar-refractivity contribution in [1.29, 1.82) is 0 Å². The maximum absolute atomic E-state index is 11.5. The molecule has 0 saturated heterocycles. The molecule has 0 aliphatic carbocycles. The topological polar surface area (TPSA) is 72.1 Å². The number of benzene rings is 1. The van der Waals surface area contributed by atoms with Gasteiger partial charge in [-0.25, -0.2) is 4.98 Å². The number of nitrogens with zero attached hydrogens (tertiary/aromatic N) is 4. The highest BCUT2D eigenvalue weighted by Gasteiger charge is 2.15. The molecule has 0 saturated carbocycles. The van der Waals surface area contributed by atoms with Crippen LogP contribution in [0.2, 0.25) is 0 Å². The van der Waals surface area contributed by atoms with Crippen molar-refractivity contribution in [2.24, 2.45) is 0 Å². The van der Waals surface area contributed by atoms with E-state index in [1.54, 1.807) is 19.4 Å². The van der Waals surface area contributed by atoms with Crippen LogP contribution in [0.15, 0.2) is 52.0 Å². The van der Waals surface area contributed by atoms with Gasteiger partial charge in [0.2, 0.25) is 0 Å². The molecule has 0 radical (unpaired) electrons. The molecule has 3 rings (SSSR count). The second-order valence-electron chi connectivity index (χ2n) is 5.48. The Morgan fingerprint density at radius 2 is 1.96 bits per heavy atom. The monoisotopic (exact) mass is 342 g/mol. The molecule has 0 bridgehead atoms. The molecule has 124 valence electrons. The molecule has 0 amide bonds. The summed E-state index contributed by atoms with van der Waals surface area (Å²) in [7, 11) is 0.994. The van der Waals surface area contributed by atoms with Gasteiger partial charge in [-0.1, -0.05) is 17.3 Å². The Kier molecular flexibility index (Phi) is 4.71. The van der Waals surface area contributed by atoms with Crippen molar-refractivity contribution in [1.82, 2.24) is 15.1 Å². The zero-order chi connectivity index (χ0) is 17.1. The molecule has 2 aromatic heterocycles. The lowest BCUT2D eigenvalue weighted by atomic mass is 10.2. The van der Waals surface area contributed by atoms with Crippen LogP contribution in [0.25, 0.3) is 11.5 Å². The number of aromatic nitrogens is 3. The van der Waals surface area contributed by atoms with Crippen LogP contribution in [0.3, 0.4) is 0 Å². The van der Waals surface area contributed by atoms with Crippen molar-refractivity contribution in [2.45, 2.75) is 18.4 Å². The summed E-state index contributed by atoms with van der Waals surface area (Å²) in [4.78, 5) is 11.6. The highest BCUT2D eigenvalue weighted by Crippen LogP contribution is 2.27. The van der Waals surface area contributed by atoms with E-state index in [-0.39, 0.29) is 0 Å². The first-order valence-electron chi connectivity index (χ1n) is 7.44. The van der Waals surface area contributed by atoms with E-state index in [0.29, 0.717) is 18.3 Å². The third-order valence-corrected chi connectivity index (χ3v) is 4.52. The van der Waals surface area contributed by atoms with Gasteiger partial charge in [0, 0.05) is 41.7 Å². The smallest absolute Gasteiger partial charge is 0.261 e. The number of hydrogen-bond acceptors (Lipinski definition) is 6. The minimum Gasteiger partial charge on any atom is -0.355 e. The Labute approximate surface area is 143 Å². The van der Waals surface area contributed by atoms with Crippen LogP contribution in [-0.4, -0.2) is 32.6 Å². The summed E-state index contributed by atoms with van der Waals surface area (Å²) < 4.78 is 16.7. The van der Waals surface area contributed by atoms with Gasteiger partial charge in [0.05, 0.1) is 5.56 Å². The van der Waals surface area contributed by atoms with E-state index in [4.69, 9.17) is 4.52 Å². The van der Waals surface area contributed by atoms with E-state index in [9.17, 15) is 4.21 Å². The Morgan fingerprint density at radius 3 is 2.58 bits per heavy atom. The first-order chi connectivity index (χ1) is 11.5. The second-order valence-corrected chi connectivity index (χ2v) is 6.86. The van der Waals surface area contributed by atoms with Crippen LogP contribution >= 0.6 is 0 Å². The van der Waals surface area contributed by atoms with Crippen LogP contribution < -0.4 is 4.90 Å². The average Bonchev–Trinajstić information content (AvgIpc) is 3.01. The molecule has 0 spiro atoms. The van der Waals surface area contributed by atoms with E-state index in [1.807, 2.05) is 48.3 Å². The molecule has 0 aliphatic rings. The van der Waals surface area contributed by atoms with Crippen LogP contribution in [0.1, 0.15) is 11.4 Å². The predicted molar refractivity (Wildman–Crippen MR) is 93.1 cm³/mol. The van der Waals surface area contributed by atoms with Crippen molar-refractivity contribution < 1.29 is 8.73 Å². The van der Waals surface area contributed by atoms with Crippen molar-refractivity contribution in [3.63, 3.8) is 0 Å². The average molecular weight is 342 g/mol. The fourth-order valence-electron chi connectivity index (χ4n) is 2.41. The van der Waals surface area contributed by atoms with Gasteiger partial charge in [0.15, 0.2) is 5.82 Å². The van der Waals surface area contributed by atoms with Crippen LogP contribution in [0.4, 0.5) is 5.82 Å². The lowest BCUT2D eigenvalue weighted by Gasteiger charge is -2.20. The molecule has 24 heavy (non-hydrogen) atoms. The second kappa shape index (κ2) is 6.92. The number of anilines is 1. The van der Waals surface area contributed by atoms with Gasteiger partial charge in [-0.3, -0.25) is 4.21 Å². The fraction of sp³-hybridized carbons (Fsp3) is 0.235. The molecule has 0 unspecified atom stereocenters. The van der Waals surface area contributed by atoms with E-state index in [1.165, 1.54) is 0 Å². The highest BCUT2D eigenvalue weighted by atomic mass is 32.2. The van der Waals surface area contributed by atoms with Gasteiger partial charge < -0.3 is 9.42 Å². The summed E-state index contributed by atoms with van der Waals surface area (Å²) in [5.41, 5.74) is 1.90. The molecule has 1 atom stereocenters. The van der Waals surface area contributed by atoms with Gasteiger partial charge in [-0.2, -0.15) is 4.98 Å². The zero-order valence-electron chi connectivity index (χ0n) is 13.8. The van der Waals surface area contributed by atoms with Gasteiger partial charge >= 0.3 is 0 Å². The third-order valence-electron chi connectivity index (χ3n) is 3.58. The molecule has 1 aromatic carbocycles. The van der Waals surface area contributed by atoms with Gasteiger partial charge in [0.1, 0.15) is 5.82 Å². The molecule has 0 fully saturated rings. The predicted octanol–water partition coefficient (Wildman–Crippen LogP) is 2.81. The summed E-state index contributed by atoms with van der Waals surface area (Å²) in [6, 6.07) is 11.5. The van der Waals surface area contributed by atoms with E-state index in [0.717, 1.165) is 21.8 Å². The molecule has 2 heterocycles. The summed E-state index contributed by atoms with van der Waals surface area (Å²) in [5, 5.41) is 3.84. The Hall–Kier alpha value is -2.54. The van der Waals surface area contributed by atoms with Crippen molar-refractivity contribution in [2.75, 3.05) is 18.2 Å². The van der Waals surface area contributed by atoms with Gasteiger partial charge in [-0.05, 0) is 36.8 Å². The van der Waals surface area contributed by atoms with Gasteiger partial charge in [-0.15, -0.1) is 0 Å². The molecular weight excluding hydrogens is 324 g/mol. The van der Waals surface area contributed by atoms with E-state index in [2.05, 4.69) is 15.1 Å². The number of rotatable bonds is 5. The van der Waals surface area contributed by atoms with Crippen LogP contribution in [0.5, 0.6) is 0 Å². The van der Waals surface area contributed by atoms with E-state index < -0.39 is 10.8 Å². The van der Waals surface area contributed by atoms with Crippen molar-refractivity contribution in [3.8, 4) is 11.5 Å². The maximum Gasteiger partial charge on any atom is 0.261 e. The molecule has 3 aromatic rings. The Balaban J connectivity index is 1.85. The standard InChI is InChI=1S/C17H18N4O2S/c1-12-19-17(23-20-12)15-5-4-10-18-16(15)21(2)11-13-6-8-14(9-7-13)24(3)22/h4-10H,11H2,1-3H3/t24-/m0/s1. The number of pyridine rings is 1. The first kappa shape index (κ1) is 16.3. The maximum atomic E-state index is 11.5. The van der Waals surface area contributed by atoms with E-state index >= 15 is 0 Å². The number of aryl methyl sites for hydroxylation is 1. The van der Waals surface area contributed by atoms with Crippen LogP contribution in [0, 0.1) is 6.92 Å². The summed E-state index contributed by atoms with van der Waals surface area (Å²) in [5.74, 6) is 1.81. The normalized spacial score (nSPS) is 12.1. The Bertz CT molecular complexity index is 861. The van der Waals surface area contributed by atoms with Gasteiger partial charge in [0.25, 0.3) is 5.89 Å². The van der Waals surface area contributed by atoms with Crippen LogP contribution in [-0.2, 0) is 17.3 Å². The molecule has 6 nitrogen and oxygen atoms in total. The minimum atomic E-state index is -0.966. The zero-order valence-corrected chi connectivity index (χ0v) is 14.6. The molecule has 0 N–H and O–H groups in total. The fourth-order valence-corrected chi connectivity index (χ4v) is 2.93. The molecule has 0 aliphatic heterocycles. The summed E-state index contributed by atoms with van der Waals surface area (Å²) >= 11 is 0. The largest absolute Gasteiger partial charge is 0.355 e. The number of hydrogen-bond donors (Lipinski definition) is 0. The summed E-state index contributed by atoms with van der Waals surface area (Å²) in [6.07, 6.45) is 3.41. The Morgan fingerprint density at radius 1 is 1.21 bits per heavy atom. The first-order valence-corrected chi connectivity index (χ1v) is 8.99. The highest BCUT2D eigenvalue weighted by molar-refractivity contribution is 7.84. The lowest BCUT2D eigenvalue weighted by molar-refractivity contribution is 0.425. The quantitative estimate of drug-likeness (QED) is 0.710. The van der Waals surface area contributed by atoms with Crippen molar-refractivity contribution in [3.05, 3.63) is 54.0 Å². The summed E-state index contributed by atoms with van der Waals surface area (Å²) in [6.45, 7) is 2.44. The lowest BCUT2D eigenvalue weighted by Crippen LogP contribution is -2.18. The minimum absolute atomic E-state index is 0.458. The SMILES string of the molecule is Cc1noc(-c2cccnc2N(C)Cc2ccc([S@](C)=O)cc2)n1. The molecular formula is C17H18N4O2S. The third kappa shape index (κ3) is 3.51. The molecule has 7 heteroatoms. The van der Waals surface area contributed by atoms with Crippen molar-refractivity contribution >= 4 is 16.6 Å².